The minimum atomic E-state index is -4.17. The highest BCUT2D eigenvalue weighted by atomic mass is 35.5. The molecule has 8 rings (SSSR count). The molecule has 2 aromatic rings. The number of hydrogen-bond acceptors (Lipinski definition) is 8. The first kappa shape index (κ1) is 27.9. The Labute approximate surface area is 250 Å². The summed E-state index contributed by atoms with van der Waals surface area (Å²) in [5.74, 6) is -0.0527. The number of fused-ring (bicyclic) bond motifs is 8. The van der Waals surface area contributed by atoms with Gasteiger partial charge in [0.15, 0.2) is 0 Å². The number of rotatable bonds is 0. The Morgan fingerprint density at radius 1 is 1.00 bits per heavy atom. The van der Waals surface area contributed by atoms with Gasteiger partial charge in [-0.05, 0) is 79.5 Å². The normalized spacial score (nSPS) is 29.5. The molecule has 1 aliphatic carbocycles. The Kier molecular flexibility index (Phi) is 7.11. The average Bonchev–Trinajstić information content (AvgIpc) is 3.10. The van der Waals surface area contributed by atoms with Crippen LogP contribution >= 0.6 is 11.6 Å². The van der Waals surface area contributed by atoms with Crippen LogP contribution < -0.4 is 14.4 Å². The molecule has 2 aromatic carbocycles. The zero-order valence-electron chi connectivity index (χ0n) is 23.2. The molecule has 10 nitrogen and oxygen atoms in total. The Hall–Kier alpha value is -2.86. The zero-order chi connectivity index (χ0) is 29.1. The van der Waals surface area contributed by atoms with Gasteiger partial charge in [-0.3, -0.25) is 9.59 Å². The Balaban J connectivity index is 1.29. The quantitative estimate of drug-likeness (QED) is 0.481. The molecular weight excluding hydrogens is 582 g/mol. The van der Waals surface area contributed by atoms with E-state index in [1.54, 1.807) is 12.1 Å². The van der Waals surface area contributed by atoms with Gasteiger partial charge in [0.1, 0.15) is 24.6 Å². The number of carbonyl (C=O) groups excluding carboxylic acids is 2. The first-order valence-corrected chi connectivity index (χ1v) is 16.5. The van der Waals surface area contributed by atoms with Crippen molar-refractivity contribution >= 4 is 39.1 Å². The summed E-state index contributed by atoms with van der Waals surface area (Å²) in [4.78, 5) is 30.2. The topological polar surface area (TPSA) is 114 Å². The fraction of sp³-hybridized carbons (Fsp3) is 0.533. The van der Waals surface area contributed by atoms with Crippen LogP contribution in [0.5, 0.6) is 5.75 Å². The SMILES string of the molecule is O=C1COC2CCN(CC2)C(=O)[C@@H]2CC[C@H]2CN2C[C@]3(COc4ccc(cc42)S(=O)(=O)N1)OCCc1cc(Cl)ccc13. The molecule has 12 heteroatoms. The summed E-state index contributed by atoms with van der Waals surface area (Å²) >= 11 is 6.34. The molecule has 1 saturated heterocycles. The molecule has 0 aromatic heterocycles. The lowest BCUT2D eigenvalue weighted by molar-refractivity contribution is -0.144. The Morgan fingerprint density at radius 3 is 2.62 bits per heavy atom. The van der Waals surface area contributed by atoms with Crippen LogP contribution in [-0.4, -0.2) is 77.2 Å². The second kappa shape index (κ2) is 10.7. The molecule has 2 fully saturated rings. The van der Waals surface area contributed by atoms with Crippen molar-refractivity contribution in [3.63, 3.8) is 0 Å². The van der Waals surface area contributed by atoms with Crippen LogP contribution in [0.2, 0.25) is 5.02 Å². The number of nitrogens with zero attached hydrogens (tertiary/aromatic N) is 2. The van der Waals surface area contributed by atoms with E-state index in [0.717, 1.165) is 30.4 Å². The maximum absolute atomic E-state index is 13.6. The lowest BCUT2D eigenvalue weighted by Gasteiger charge is -2.45. The molecule has 42 heavy (non-hydrogen) atoms. The maximum Gasteiger partial charge on any atom is 0.264 e. The molecule has 1 saturated carbocycles. The largest absolute Gasteiger partial charge is 0.488 e. The van der Waals surface area contributed by atoms with Crippen molar-refractivity contribution in [3.05, 3.63) is 52.5 Å². The van der Waals surface area contributed by atoms with Crippen molar-refractivity contribution in [1.82, 2.24) is 9.62 Å². The van der Waals surface area contributed by atoms with Gasteiger partial charge in [-0.1, -0.05) is 17.7 Å². The highest BCUT2D eigenvalue weighted by molar-refractivity contribution is 7.90. The van der Waals surface area contributed by atoms with Gasteiger partial charge in [0.25, 0.3) is 15.9 Å². The van der Waals surface area contributed by atoms with Crippen molar-refractivity contribution in [3.8, 4) is 5.75 Å². The molecule has 2 amide bonds. The predicted octanol–water partition coefficient (Wildman–Crippen LogP) is 2.86. The molecule has 5 heterocycles. The lowest BCUT2D eigenvalue weighted by atomic mass is 9.72. The van der Waals surface area contributed by atoms with E-state index >= 15 is 0 Å². The van der Waals surface area contributed by atoms with Crippen LogP contribution in [0, 0.1) is 11.8 Å². The molecule has 4 bridgehead atoms. The van der Waals surface area contributed by atoms with E-state index in [9.17, 15) is 18.0 Å². The summed E-state index contributed by atoms with van der Waals surface area (Å²) in [7, 11) is -4.17. The van der Waals surface area contributed by atoms with E-state index in [2.05, 4.69) is 9.62 Å². The molecule has 1 spiro atoms. The number of carbonyl (C=O) groups is 2. The van der Waals surface area contributed by atoms with Crippen molar-refractivity contribution in [2.24, 2.45) is 11.8 Å². The fourth-order valence-electron chi connectivity index (χ4n) is 7.03. The molecule has 224 valence electrons. The standard InChI is InChI=1S/C30H34ClN3O7S/c31-21-2-5-25-19(13-21)9-12-41-30(25)17-34-15-20-1-4-24(20)29(36)33-10-7-22(8-11-33)39-16-28(35)32-42(37,38)23-3-6-27(40-18-30)26(34)14-23/h2-3,5-6,13-14,20,22,24H,1,4,7-12,15-18H2,(H,32,35)/t20-,24+,30+/m0/s1. The maximum atomic E-state index is 13.6. The Bertz CT molecular complexity index is 1530. The van der Waals surface area contributed by atoms with Crippen molar-refractivity contribution in [2.75, 3.05) is 50.9 Å². The monoisotopic (exact) mass is 615 g/mol. The van der Waals surface area contributed by atoms with Crippen LogP contribution in [-0.2, 0) is 41.1 Å². The van der Waals surface area contributed by atoms with E-state index in [0.29, 0.717) is 62.1 Å². The molecular formula is C30H34ClN3O7S. The van der Waals surface area contributed by atoms with E-state index in [1.807, 2.05) is 23.1 Å². The van der Waals surface area contributed by atoms with Crippen LogP contribution in [0.4, 0.5) is 5.69 Å². The number of sulfonamides is 1. The van der Waals surface area contributed by atoms with Crippen molar-refractivity contribution < 1.29 is 32.2 Å². The highest BCUT2D eigenvalue weighted by Gasteiger charge is 2.46. The van der Waals surface area contributed by atoms with Crippen molar-refractivity contribution in [2.45, 2.75) is 48.7 Å². The molecule has 0 unspecified atom stereocenters. The van der Waals surface area contributed by atoms with E-state index in [1.165, 1.54) is 6.07 Å². The summed E-state index contributed by atoms with van der Waals surface area (Å²) in [5.41, 5.74) is 1.87. The number of amides is 2. The summed E-state index contributed by atoms with van der Waals surface area (Å²) in [5, 5.41) is 0.659. The summed E-state index contributed by atoms with van der Waals surface area (Å²) in [6, 6.07) is 10.4. The summed E-state index contributed by atoms with van der Waals surface area (Å²) in [6.45, 7) is 2.42. The number of hydrogen-bond donors (Lipinski definition) is 1. The first-order chi connectivity index (χ1) is 20.2. The number of anilines is 1. The number of benzene rings is 2. The average molecular weight is 616 g/mol. The molecule has 5 aliphatic heterocycles. The smallest absolute Gasteiger partial charge is 0.264 e. The van der Waals surface area contributed by atoms with Gasteiger partial charge in [-0.2, -0.15) is 0 Å². The number of halogens is 1. The number of piperidine rings is 1. The third-order valence-electron chi connectivity index (χ3n) is 9.44. The van der Waals surface area contributed by atoms with E-state index < -0.39 is 21.5 Å². The summed E-state index contributed by atoms with van der Waals surface area (Å²) < 4.78 is 47.4. The van der Waals surface area contributed by atoms with Crippen LogP contribution in [0.1, 0.15) is 36.8 Å². The highest BCUT2D eigenvalue weighted by Crippen LogP contribution is 2.45. The molecule has 1 N–H and O–H groups in total. The van der Waals surface area contributed by atoms with Crippen LogP contribution in [0.15, 0.2) is 41.3 Å². The number of ether oxygens (including phenoxy) is 3. The van der Waals surface area contributed by atoms with Crippen LogP contribution in [0.3, 0.4) is 0 Å². The number of nitrogens with one attached hydrogen (secondary N) is 1. The molecule has 6 aliphatic rings. The van der Waals surface area contributed by atoms with Gasteiger partial charge >= 0.3 is 0 Å². The van der Waals surface area contributed by atoms with Crippen molar-refractivity contribution in [1.29, 1.82) is 0 Å². The minimum absolute atomic E-state index is 0.0477. The summed E-state index contributed by atoms with van der Waals surface area (Å²) in [6.07, 6.45) is 3.48. The fourth-order valence-corrected chi connectivity index (χ4v) is 8.22. The Morgan fingerprint density at radius 2 is 1.83 bits per heavy atom. The molecule has 3 atom stereocenters. The minimum Gasteiger partial charge on any atom is -0.488 e. The zero-order valence-corrected chi connectivity index (χ0v) is 24.8. The van der Waals surface area contributed by atoms with Gasteiger partial charge in [-0.15, -0.1) is 0 Å². The predicted molar refractivity (Wildman–Crippen MR) is 154 cm³/mol. The first-order valence-electron chi connectivity index (χ1n) is 14.6. The van der Waals surface area contributed by atoms with Gasteiger partial charge in [0.05, 0.1) is 29.8 Å². The van der Waals surface area contributed by atoms with E-state index in [-0.39, 0.29) is 42.0 Å². The van der Waals surface area contributed by atoms with E-state index in [4.69, 9.17) is 25.8 Å². The van der Waals surface area contributed by atoms with Gasteiger partial charge in [0, 0.05) is 30.6 Å². The third-order valence-corrected chi connectivity index (χ3v) is 11.0. The van der Waals surface area contributed by atoms with Gasteiger partial charge in [0.2, 0.25) is 5.91 Å². The second-order valence-corrected chi connectivity index (χ2v) is 14.1. The molecule has 0 radical (unpaired) electrons. The lowest BCUT2D eigenvalue weighted by Crippen LogP contribution is -2.53. The third kappa shape index (κ3) is 5.04. The van der Waals surface area contributed by atoms with Crippen LogP contribution in [0.25, 0.3) is 0 Å². The van der Waals surface area contributed by atoms with Gasteiger partial charge < -0.3 is 24.0 Å². The second-order valence-electron chi connectivity index (χ2n) is 12.0. The van der Waals surface area contributed by atoms with Gasteiger partial charge in [-0.25, -0.2) is 13.1 Å².